The predicted octanol–water partition coefficient (Wildman–Crippen LogP) is 4.40. The number of rotatable bonds is 6. The van der Waals surface area contributed by atoms with Gasteiger partial charge in [0.2, 0.25) is 11.7 Å². The molecule has 3 aromatic carbocycles. The third-order valence-corrected chi connectivity index (χ3v) is 7.50. The lowest BCUT2D eigenvalue weighted by Crippen LogP contribution is -2.50. The van der Waals surface area contributed by atoms with Crippen molar-refractivity contribution in [2.24, 2.45) is 0 Å². The number of anilines is 2. The van der Waals surface area contributed by atoms with E-state index in [0.29, 0.717) is 17.1 Å². The molecule has 0 atom stereocenters. The summed E-state index contributed by atoms with van der Waals surface area (Å²) in [7, 11) is -1.10. The number of benzene rings is 3. The number of carbonyl (C=O) groups excluding carboxylic acids is 1. The first-order valence-electron chi connectivity index (χ1n) is 10.9. The minimum atomic E-state index is -4.13. The first-order valence-corrected chi connectivity index (χ1v) is 12.4. The summed E-state index contributed by atoms with van der Waals surface area (Å²) in [5, 5.41) is 4.04. The van der Waals surface area contributed by atoms with Crippen molar-refractivity contribution in [2.75, 3.05) is 23.4 Å². The highest BCUT2D eigenvalue weighted by molar-refractivity contribution is 7.94. The quantitative estimate of drug-likeness (QED) is 0.378. The van der Waals surface area contributed by atoms with Crippen LogP contribution in [0.15, 0.2) is 76.1 Å². The Kier molecular flexibility index (Phi) is 5.84. The largest absolute Gasteiger partial charge is 0.493 e. The smallest absolute Gasteiger partial charge is 0.343 e. The van der Waals surface area contributed by atoms with Crippen molar-refractivity contribution >= 4 is 27.4 Å². The highest BCUT2D eigenvalue weighted by atomic mass is 32.2. The van der Waals surface area contributed by atoms with Crippen LogP contribution in [0, 0.1) is 6.92 Å². The molecule has 0 spiro atoms. The molecule has 11 heteroatoms. The Morgan fingerprint density at radius 2 is 1.69 bits per heavy atom. The number of carbonyl (C=O) groups is 1. The van der Waals surface area contributed by atoms with Crippen LogP contribution in [-0.4, -0.2) is 38.8 Å². The van der Waals surface area contributed by atoms with Crippen molar-refractivity contribution < 1.29 is 27.2 Å². The van der Waals surface area contributed by atoms with E-state index in [1.54, 1.807) is 60.7 Å². The zero-order chi connectivity index (χ0) is 25.4. The third-order valence-electron chi connectivity index (χ3n) is 5.75. The van der Waals surface area contributed by atoms with Gasteiger partial charge < -0.3 is 14.0 Å². The van der Waals surface area contributed by atoms with E-state index in [1.165, 1.54) is 25.2 Å². The molecule has 2 heterocycles. The Labute approximate surface area is 207 Å². The van der Waals surface area contributed by atoms with E-state index in [2.05, 4.69) is 10.1 Å². The lowest BCUT2D eigenvalue weighted by atomic mass is 10.1. The monoisotopic (exact) mass is 506 g/mol. The summed E-state index contributed by atoms with van der Waals surface area (Å²) < 4.78 is 43.9. The minimum absolute atomic E-state index is 0.000575. The Balaban J connectivity index is 1.55. The average molecular weight is 507 g/mol. The van der Waals surface area contributed by atoms with Gasteiger partial charge in [0.1, 0.15) is 11.4 Å². The normalized spacial score (nSPS) is 14.5. The maximum atomic E-state index is 13.6. The number of methoxy groups -OCH3 is 2. The van der Waals surface area contributed by atoms with Gasteiger partial charge in [-0.1, -0.05) is 41.1 Å². The molecule has 0 radical (unpaired) electrons. The molecule has 5 rings (SSSR count). The second kappa shape index (κ2) is 9.00. The fourth-order valence-electron chi connectivity index (χ4n) is 4.02. The SMILES string of the molecule is COc1cccc(-c2noc(CN3C(=O)N(c4ccc(C)cc4)S(=O)(=O)c4ccccc43)n2)c1OC. The van der Waals surface area contributed by atoms with Gasteiger partial charge >= 0.3 is 6.03 Å². The number of urea groups is 1. The number of fused-ring (bicyclic) bond motifs is 1. The van der Waals surface area contributed by atoms with Gasteiger partial charge in [-0.2, -0.15) is 9.29 Å². The summed E-state index contributed by atoms with van der Waals surface area (Å²) in [6.07, 6.45) is 0. The molecule has 36 heavy (non-hydrogen) atoms. The molecule has 4 aromatic rings. The van der Waals surface area contributed by atoms with Crippen molar-refractivity contribution in [3.63, 3.8) is 0 Å². The second-order valence-electron chi connectivity index (χ2n) is 7.99. The molecule has 184 valence electrons. The maximum Gasteiger partial charge on any atom is 0.343 e. The first kappa shape index (κ1) is 23.4. The van der Waals surface area contributed by atoms with Gasteiger partial charge in [0, 0.05) is 0 Å². The Morgan fingerprint density at radius 1 is 0.944 bits per heavy atom. The van der Waals surface area contributed by atoms with E-state index in [-0.39, 0.29) is 34.5 Å². The highest BCUT2D eigenvalue weighted by Crippen LogP contribution is 2.39. The molecule has 2 amide bonds. The van der Waals surface area contributed by atoms with Gasteiger partial charge in [-0.25, -0.2) is 13.2 Å². The van der Waals surface area contributed by atoms with Gasteiger partial charge in [-0.15, -0.1) is 0 Å². The number of hydrogen-bond donors (Lipinski definition) is 0. The minimum Gasteiger partial charge on any atom is -0.493 e. The van der Waals surface area contributed by atoms with Crippen LogP contribution in [0.5, 0.6) is 11.5 Å². The van der Waals surface area contributed by atoms with Crippen LogP contribution < -0.4 is 18.7 Å². The zero-order valence-corrected chi connectivity index (χ0v) is 20.5. The Hall–Kier alpha value is -4.38. The van der Waals surface area contributed by atoms with Gasteiger partial charge in [0.15, 0.2) is 11.5 Å². The number of hydrogen-bond acceptors (Lipinski definition) is 8. The Morgan fingerprint density at radius 3 is 2.42 bits per heavy atom. The second-order valence-corrected chi connectivity index (χ2v) is 9.75. The van der Waals surface area contributed by atoms with Crippen LogP contribution in [0.3, 0.4) is 0 Å². The summed E-state index contributed by atoms with van der Waals surface area (Å²) in [4.78, 5) is 19.3. The number of ether oxygens (including phenoxy) is 2. The van der Waals surface area contributed by atoms with Gasteiger partial charge in [-0.3, -0.25) is 4.90 Å². The molecule has 0 fully saturated rings. The number of amides is 2. The molecule has 10 nitrogen and oxygen atoms in total. The summed E-state index contributed by atoms with van der Waals surface area (Å²) >= 11 is 0. The highest BCUT2D eigenvalue weighted by Gasteiger charge is 2.43. The summed E-state index contributed by atoms with van der Waals surface area (Å²) in [6.45, 7) is 1.73. The summed E-state index contributed by atoms with van der Waals surface area (Å²) in [5.74, 6) is 1.28. The van der Waals surface area contributed by atoms with Crippen molar-refractivity contribution in [1.29, 1.82) is 0 Å². The molecule has 0 saturated heterocycles. The molecular formula is C25H22N4O6S. The standard InChI is InChI=1S/C25H22N4O6S/c1-16-11-13-17(14-12-16)29-25(30)28(19-8-4-5-10-21(19)36(29,31)32)15-22-26-24(27-35-22)18-7-6-9-20(33-2)23(18)34-3/h4-14H,15H2,1-3H3. The van der Waals surface area contributed by atoms with E-state index in [9.17, 15) is 13.2 Å². The van der Waals surface area contributed by atoms with Crippen LogP contribution in [0.1, 0.15) is 11.5 Å². The Bertz CT molecular complexity index is 1550. The fourth-order valence-corrected chi connectivity index (χ4v) is 5.61. The molecule has 0 bridgehead atoms. The van der Waals surface area contributed by atoms with Crippen molar-refractivity contribution in [3.05, 3.63) is 78.2 Å². The molecule has 0 unspecified atom stereocenters. The number of sulfonamides is 1. The van der Waals surface area contributed by atoms with Crippen molar-refractivity contribution in [3.8, 4) is 22.9 Å². The number of nitrogens with zero attached hydrogens (tertiary/aromatic N) is 4. The van der Waals surface area contributed by atoms with Crippen LogP contribution in [-0.2, 0) is 16.6 Å². The molecular weight excluding hydrogens is 484 g/mol. The van der Waals surface area contributed by atoms with E-state index < -0.39 is 16.1 Å². The maximum absolute atomic E-state index is 13.6. The van der Waals surface area contributed by atoms with E-state index in [4.69, 9.17) is 14.0 Å². The molecule has 1 aliphatic heterocycles. The molecule has 0 aliphatic carbocycles. The van der Waals surface area contributed by atoms with Crippen molar-refractivity contribution in [2.45, 2.75) is 18.4 Å². The third kappa shape index (κ3) is 3.83. The summed E-state index contributed by atoms with van der Waals surface area (Å²) in [5.41, 5.74) is 1.94. The number of para-hydroxylation sites is 2. The van der Waals surface area contributed by atoms with Crippen LogP contribution in [0.2, 0.25) is 0 Å². The van der Waals surface area contributed by atoms with Crippen molar-refractivity contribution in [1.82, 2.24) is 10.1 Å². The molecule has 0 saturated carbocycles. The van der Waals surface area contributed by atoms with E-state index >= 15 is 0 Å². The average Bonchev–Trinajstić information content (AvgIpc) is 3.35. The summed E-state index contributed by atoms with van der Waals surface area (Å²) in [6, 6.07) is 17.5. The van der Waals surface area contributed by atoms with E-state index in [0.717, 1.165) is 9.87 Å². The zero-order valence-electron chi connectivity index (χ0n) is 19.7. The first-order chi connectivity index (χ1) is 17.3. The fraction of sp³-hybridized carbons (Fsp3) is 0.160. The van der Waals surface area contributed by atoms with Gasteiger partial charge in [-0.05, 0) is 43.3 Å². The molecule has 1 aromatic heterocycles. The number of aromatic nitrogens is 2. The number of aryl methyl sites for hydroxylation is 1. The van der Waals surface area contributed by atoms with Crippen LogP contribution in [0.4, 0.5) is 16.2 Å². The van der Waals surface area contributed by atoms with Crippen LogP contribution in [0.25, 0.3) is 11.4 Å². The lowest BCUT2D eigenvalue weighted by Gasteiger charge is -2.35. The topological polar surface area (TPSA) is 115 Å². The van der Waals surface area contributed by atoms with Crippen LogP contribution >= 0.6 is 0 Å². The predicted molar refractivity (Wildman–Crippen MR) is 132 cm³/mol. The molecule has 1 aliphatic rings. The van der Waals surface area contributed by atoms with Gasteiger partial charge in [0.05, 0.1) is 31.2 Å². The van der Waals surface area contributed by atoms with Gasteiger partial charge in [0.25, 0.3) is 10.0 Å². The lowest BCUT2D eigenvalue weighted by molar-refractivity contribution is 0.252. The van der Waals surface area contributed by atoms with E-state index in [1.807, 2.05) is 6.92 Å². The molecule has 0 N–H and O–H groups in total.